The fraction of sp³-hybridized carbons (Fsp3) is 1.00. The maximum atomic E-state index is 2.63. The average Bonchev–Trinajstić information content (AvgIpc) is 2.27. The van der Waals surface area contributed by atoms with Crippen LogP contribution in [-0.2, 0) is 0 Å². The molecule has 2 unspecified atom stereocenters. The molecule has 0 nitrogen and oxygen atoms in total. The van der Waals surface area contributed by atoms with Crippen LogP contribution >= 0.6 is 0 Å². The van der Waals surface area contributed by atoms with E-state index in [-0.39, 0.29) is 0 Å². The van der Waals surface area contributed by atoms with Gasteiger partial charge in [-0.15, -0.1) is 0 Å². The summed E-state index contributed by atoms with van der Waals surface area (Å²) in [6.07, 6.45) is 4.16. The molecule has 0 aliphatic heterocycles. The highest BCUT2D eigenvalue weighted by molar-refractivity contribution is 6.79. The minimum absolute atomic E-state index is 0.535. The summed E-state index contributed by atoms with van der Waals surface area (Å²) in [4.78, 5) is 0. The van der Waals surface area contributed by atoms with Crippen LogP contribution in [0.4, 0.5) is 0 Å². The van der Waals surface area contributed by atoms with E-state index in [2.05, 4.69) is 54.6 Å². The second kappa shape index (κ2) is 6.39. The van der Waals surface area contributed by atoms with Crippen molar-refractivity contribution in [3.05, 3.63) is 0 Å². The molecular formula is C14H34Si2. The van der Waals surface area contributed by atoms with E-state index in [1.165, 1.54) is 19.3 Å². The van der Waals surface area contributed by atoms with E-state index >= 15 is 0 Å². The van der Waals surface area contributed by atoms with Crippen molar-refractivity contribution < 1.29 is 0 Å². The van der Waals surface area contributed by atoms with Crippen LogP contribution in [0.15, 0.2) is 0 Å². The molecule has 2 heteroatoms. The van der Waals surface area contributed by atoms with Crippen LogP contribution in [0, 0.1) is 0 Å². The molecular weight excluding hydrogens is 224 g/mol. The summed E-state index contributed by atoms with van der Waals surface area (Å²) in [5, 5.41) is 1.38. The smallest absolute Gasteiger partial charge is 0.0370 e. The third-order valence-electron chi connectivity index (χ3n) is 5.76. The highest BCUT2D eigenvalue weighted by Crippen LogP contribution is 2.42. The molecule has 0 aliphatic carbocycles. The quantitative estimate of drug-likeness (QED) is 0.563. The molecule has 2 atom stereocenters. The van der Waals surface area contributed by atoms with Crippen LogP contribution < -0.4 is 0 Å². The fourth-order valence-corrected chi connectivity index (χ4v) is 13.6. The standard InChI is InChI=1S/C14H34Si2/c1-9-13(4,5)15(7)12-16(8)14(6,10-2)11-3/h15-16H,9-12H2,1-8H3. The largest absolute Gasteiger partial charge is 0.0718 e. The van der Waals surface area contributed by atoms with Crippen LogP contribution in [0.5, 0.6) is 0 Å². The maximum absolute atomic E-state index is 2.63. The molecule has 16 heavy (non-hydrogen) atoms. The van der Waals surface area contributed by atoms with E-state index in [1.807, 2.05) is 0 Å². The summed E-state index contributed by atoms with van der Waals surface area (Å²) in [5.41, 5.74) is 1.65. The van der Waals surface area contributed by atoms with E-state index in [4.69, 9.17) is 0 Å². The second-order valence-corrected chi connectivity index (χ2v) is 15.2. The van der Waals surface area contributed by atoms with Gasteiger partial charge in [0.15, 0.2) is 0 Å². The van der Waals surface area contributed by atoms with Gasteiger partial charge in [0.05, 0.1) is 0 Å². The third-order valence-corrected chi connectivity index (χ3v) is 17.7. The SMILES string of the molecule is CCC(C)(C)[SiH](C)C[SiH](C)C(C)(CC)CC. The van der Waals surface area contributed by atoms with Crippen molar-refractivity contribution in [3.8, 4) is 0 Å². The zero-order valence-corrected chi connectivity index (χ0v) is 15.3. The lowest BCUT2D eigenvalue weighted by Gasteiger charge is -2.38. The molecule has 0 heterocycles. The predicted molar refractivity (Wildman–Crippen MR) is 84.1 cm³/mol. The summed E-state index contributed by atoms with van der Waals surface area (Å²) in [6.45, 7) is 19.9. The molecule has 0 N–H and O–H groups in total. The Kier molecular flexibility index (Phi) is 6.56. The van der Waals surface area contributed by atoms with Gasteiger partial charge in [0, 0.05) is 17.6 Å². The predicted octanol–water partition coefficient (Wildman–Crippen LogP) is 5.01. The molecule has 0 saturated carbocycles. The zero-order chi connectivity index (χ0) is 13.0. The van der Waals surface area contributed by atoms with E-state index in [0.717, 1.165) is 0 Å². The topological polar surface area (TPSA) is 0 Å². The van der Waals surface area contributed by atoms with Gasteiger partial charge >= 0.3 is 0 Å². The fourth-order valence-electron chi connectivity index (χ4n) is 2.43. The molecule has 0 bridgehead atoms. The first-order valence-corrected chi connectivity index (χ1v) is 12.3. The Hall–Kier alpha value is 0.434. The van der Waals surface area contributed by atoms with E-state index in [1.54, 1.807) is 5.67 Å². The first-order chi connectivity index (χ1) is 7.23. The van der Waals surface area contributed by atoms with Gasteiger partial charge in [0.1, 0.15) is 0 Å². The Morgan fingerprint density at radius 3 is 1.50 bits per heavy atom. The van der Waals surface area contributed by atoms with Gasteiger partial charge in [-0.05, 0) is 10.1 Å². The molecule has 0 radical (unpaired) electrons. The van der Waals surface area contributed by atoms with Gasteiger partial charge in [0.2, 0.25) is 0 Å². The average molecular weight is 259 g/mol. The molecule has 0 aromatic rings. The molecule has 0 spiro atoms. The molecule has 0 fully saturated rings. The van der Waals surface area contributed by atoms with Crippen molar-refractivity contribution in [2.75, 3.05) is 0 Å². The lowest BCUT2D eigenvalue weighted by molar-refractivity contribution is 0.552. The first kappa shape index (κ1) is 16.4. The van der Waals surface area contributed by atoms with Crippen molar-refractivity contribution in [1.82, 2.24) is 0 Å². The van der Waals surface area contributed by atoms with Gasteiger partial charge in [-0.1, -0.05) is 79.6 Å². The van der Waals surface area contributed by atoms with Crippen LogP contribution in [-0.4, -0.2) is 17.6 Å². The van der Waals surface area contributed by atoms with Gasteiger partial charge in [-0.2, -0.15) is 0 Å². The second-order valence-electron chi connectivity index (χ2n) is 6.74. The summed E-state index contributed by atoms with van der Waals surface area (Å²) in [6, 6.07) is 0. The molecule has 0 saturated heterocycles. The molecule has 0 aromatic carbocycles. The summed E-state index contributed by atoms with van der Waals surface area (Å²) < 4.78 is 0. The number of hydrogen-bond acceptors (Lipinski definition) is 0. The Balaban J connectivity index is 4.50. The summed E-state index contributed by atoms with van der Waals surface area (Å²) in [5.74, 6) is 0. The number of hydrogen-bond donors (Lipinski definition) is 0. The van der Waals surface area contributed by atoms with Crippen LogP contribution in [0.1, 0.15) is 60.8 Å². The van der Waals surface area contributed by atoms with Crippen molar-refractivity contribution in [2.24, 2.45) is 0 Å². The van der Waals surface area contributed by atoms with Gasteiger partial charge in [-0.25, -0.2) is 0 Å². The minimum atomic E-state index is -0.542. The van der Waals surface area contributed by atoms with Crippen LogP contribution in [0.25, 0.3) is 0 Å². The molecule has 0 aliphatic rings. The van der Waals surface area contributed by atoms with E-state index < -0.39 is 17.6 Å². The van der Waals surface area contributed by atoms with E-state index in [0.29, 0.717) is 10.1 Å². The third kappa shape index (κ3) is 4.03. The van der Waals surface area contributed by atoms with Crippen molar-refractivity contribution in [3.63, 3.8) is 0 Å². The van der Waals surface area contributed by atoms with Gasteiger partial charge < -0.3 is 0 Å². The first-order valence-electron chi connectivity index (χ1n) is 7.23. The molecule has 0 rings (SSSR count). The zero-order valence-electron chi connectivity index (χ0n) is 13.0. The Morgan fingerprint density at radius 1 is 0.750 bits per heavy atom. The van der Waals surface area contributed by atoms with Crippen molar-refractivity contribution >= 4 is 17.6 Å². The van der Waals surface area contributed by atoms with Crippen molar-refractivity contribution in [1.29, 1.82) is 0 Å². The highest BCUT2D eigenvalue weighted by atomic mass is 28.3. The highest BCUT2D eigenvalue weighted by Gasteiger charge is 2.33. The van der Waals surface area contributed by atoms with E-state index in [9.17, 15) is 0 Å². The summed E-state index contributed by atoms with van der Waals surface area (Å²) in [7, 11) is -1.08. The molecule has 98 valence electrons. The minimum Gasteiger partial charge on any atom is -0.0718 e. The lowest BCUT2D eigenvalue weighted by atomic mass is 10.1. The molecule has 0 aromatic heterocycles. The van der Waals surface area contributed by atoms with Gasteiger partial charge in [0.25, 0.3) is 0 Å². The van der Waals surface area contributed by atoms with Gasteiger partial charge in [-0.3, -0.25) is 0 Å². The van der Waals surface area contributed by atoms with Crippen LogP contribution in [0.2, 0.25) is 28.8 Å². The van der Waals surface area contributed by atoms with Crippen LogP contribution in [0.3, 0.4) is 0 Å². The monoisotopic (exact) mass is 258 g/mol. The van der Waals surface area contributed by atoms with Crippen molar-refractivity contribution in [2.45, 2.75) is 89.6 Å². The maximum Gasteiger partial charge on any atom is 0.0370 e. The normalized spacial score (nSPS) is 17.2. The Bertz CT molecular complexity index is 195. The molecule has 0 amide bonds. The Labute approximate surface area is 107 Å². The Morgan fingerprint density at radius 2 is 1.19 bits per heavy atom. The summed E-state index contributed by atoms with van der Waals surface area (Å²) >= 11 is 0. The lowest BCUT2D eigenvalue weighted by Crippen LogP contribution is -2.35. The number of rotatable bonds is 7.